The molecule has 0 N–H and O–H groups in total. The van der Waals surface area contributed by atoms with Crippen LogP contribution >= 0.6 is 0 Å². The van der Waals surface area contributed by atoms with Gasteiger partial charge in [0.15, 0.2) is 0 Å². The van der Waals surface area contributed by atoms with Crippen LogP contribution in [0, 0.1) is 0 Å². The molecule has 0 radical (unpaired) electrons. The van der Waals surface area contributed by atoms with Crippen molar-refractivity contribution in [3.63, 3.8) is 0 Å². The zero-order valence-electron chi connectivity index (χ0n) is 15.4. The van der Waals surface area contributed by atoms with E-state index in [1.807, 2.05) is 0 Å². The summed E-state index contributed by atoms with van der Waals surface area (Å²) in [5.41, 5.74) is 9.68. The van der Waals surface area contributed by atoms with Crippen LogP contribution in [0.15, 0.2) is 36.4 Å². The van der Waals surface area contributed by atoms with Crippen molar-refractivity contribution < 1.29 is 0 Å². The van der Waals surface area contributed by atoms with Gasteiger partial charge in [0, 0.05) is 0 Å². The van der Waals surface area contributed by atoms with E-state index in [0.717, 1.165) is 18.3 Å². The lowest BCUT2D eigenvalue weighted by Gasteiger charge is -2.30. The van der Waals surface area contributed by atoms with Crippen molar-refractivity contribution in [3.05, 3.63) is 58.7 Å². The second-order valence-electron chi connectivity index (χ2n) is 8.64. The van der Waals surface area contributed by atoms with Crippen molar-refractivity contribution in [1.29, 1.82) is 0 Å². The summed E-state index contributed by atoms with van der Waals surface area (Å²) >= 11 is 0. The molecule has 3 aliphatic rings. The fourth-order valence-corrected chi connectivity index (χ4v) is 5.75. The van der Waals surface area contributed by atoms with Crippen molar-refractivity contribution in [1.82, 2.24) is 0 Å². The van der Waals surface area contributed by atoms with Crippen LogP contribution in [0.3, 0.4) is 0 Å². The van der Waals surface area contributed by atoms with Gasteiger partial charge in [-0.2, -0.15) is 0 Å². The first-order valence-electron chi connectivity index (χ1n) is 10.6. The Kier molecular flexibility index (Phi) is 4.16. The molecule has 2 fully saturated rings. The quantitative estimate of drug-likeness (QED) is 0.460. The molecule has 2 aromatic carbocycles. The van der Waals surface area contributed by atoms with Crippen LogP contribution in [0.25, 0.3) is 11.1 Å². The lowest BCUT2D eigenvalue weighted by molar-refractivity contribution is 0.419. The first-order valence-corrected chi connectivity index (χ1v) is 10.6. The average Bonchev–Trinajstić information content (AvgIpc) is 3.06. The third-order valence-corrected chi connectivity index (χ3v) is 7.09. The minimum Gasteiger partial charge on any atom is -0.0619 e. The van der Waals surface area contributed by atoms with Gasteiger partial charge < -0.3 is 0 Å². The Labute approximate surface area is 152 Å². The Balaban J connectivity index is 1.61. The Hall–Kier alpha value is -1.56. The molecular weight excluding hydrogens is 300 g/mol. The topological polar surface area (TPSA) is 0 Å². The summed E-state index contributed by atoms with van der Waals surface area (Å²) in [7, 11) is 0. The third kappa shape index (κ3) is 2.84. The minimum absolute atomic E-state index is 0.823. The second-order valence-corrected chi connectivity index (χ2v) is 8.64. The molecule has 0 atom stereocenters. The molecule has 0 aromatic heterocycles. The molecule has 0 aliphatic heterocycles. The lowest BCUT2D eigenvalue weighted by atomic mass is 9.75. The lowest BCUT2D eigenvalue weighted by Crippen LogP contribution is -2.13. The normalized spacial score (nSPS) is 21.1. The zero-order chi connectivity index (χ0) is 16.6. The Morgan fingerprint density at radius 3 is 1.84 bits per heavy atom. The van der Waals surface area contributed by atoms with Gasteiger partial charge in [0.25, 0.3) is 0 Å². The highest BCUT2D eigenvalue weighted by Crippen LogP contribution is 2.46. The smallest absolute Gasteiger partial charge is 0.00133 e. The average molecular weight is 331 g/mol. The van der Waals surface area contributed by atoms with Crippen molar-refractivity contribution in [3.8, 4) is 11.1 Å². The van der Waals surface area contributed by atoms with Crippen molar-refractivity contribution >= 4 is 0 Å². The van der Waals surface area contributed by atoms with Gasteiger partial charge in [-0.05, 0) is 77.3 Å². The molecule has 0 heterocycles. The number of rotatable bonds is 2. The van der Waals surface area contributed by atoms with Crippen LogP contribution in [0.1, 0.15) is 98.3 Å². The molecule has 0 bridgehead atoms. The van der Waals surface area contributed by atoms with E-state index in [1.165, 1.54) is 75.3 Å². The van der Waals surface area contributed by atoms with Gasteiger partial charge in [0.05, 0.1) is 0 Å². The van der Waals surface area contributed by atoms with Crippen molar-refractivity contribution in [2.75, 3.05) is 0 Å². The van der Waals surface area contributed by atoms with Crippen LogP contribution < -0.4 is 0 Å². The van der Waals surface area contributed by atoms with E-state index in [1.54, 1.807) is 22.3 Å². The van der Waals surface area contributed by atoms with E-state index in [4.69, 9.17) is 0 Å². The van der Waals surface area contributed by atoms with Crippen LogP contribution in [-0.4, -0.2) is 0 Å². The summed E-state index contributed by atoms with van der Waals surface area (Å²) in [5, 5.41) is 0. The Morgan fingerprint density at radius 1 is 0.560 bits per heavy atom. The minimum atomic E-state index is 0.823. The summed E-state index contributed by atoms with van der Waals surface area (Å²) in [4.78, 5) is 0. The summed E-state index contributed by atoms with van der Waals surface area (Å²) < 4.78 is 0. The van der Waals surface area contributed by atoms with Crippen LogP contribution in [0.5, 0.6) is 0 Å². The number of fused-ring (bicyclic) bond motifs is 3. The molecule has 2 saturated carbocycles. The van der Waals surface area contributed by atoms with Crippen molar-refractivity contribution in [2.24, 2.45) is 0 Å². The molecule has 0 saturated heterocycles. The van der Waals surface area contributed by atoms with E-state index in [0.29, 0.717) is 0 Å². The van der Waals surface area contributed by atoms with Gasteiger partial charge in [-0.1, -0.05) is 74.9 Å². The standard InChI is InChI=1S/C25H30/c1-3-9-18(10-4-1)23-16-21-15-20-13-7-8-14-22(20)25(21)17-24(23)19-11-5-2-6-12-19/h7-8,13-14,16-19H,1-6,9-12,15H2. The molecule has 0 heteroatoms. The first-order chi connectivity index (χ1) is 12.4. The molecule has 3 aliphatic carbocycles. The monoisotopic (exact) mass is 330 g/mol. The maximum atomic E-state index is 2.65. The first kappa shape index (κ1) is 15.7. The molecule has 2 aromatic rings. The highest BCUT2D eigenvalue weighted by Gasteiger charge is 2.28. The van der Waals surface area contributed by atoms with Gasteiger partial charge in [-0.15, -0.1) is 0 Å². The summed E-state index contributed by atoms with van der Waals surface area (Å²) in [5.74, 6) is 1.66. The Morgan fingerprint density at radius 2 is 1.16 bits per heavy atom. The van der Waals surface area contributed by atoms with E-state index < -0.39 is 0 Å². The molecule has 0 nitrogen and oxygen atoms in total. The molecule has 0 unspecified atom stereocenters. The largest absolute Gasteiger partial charge is 0.0619 e. The number of hydrogen-bond acceptors (Lipinski definition) is 0. The highest BCUT2D eigenvalue weighted by atomic mass is 14.3. The Bertz CT molecular complexity index is 758. The molecular formula is C25H30. The van der Waals surface area contributed by atoms with Gasteiger partial charge >= 0.3 is 0 Å². The van der Waals surface area contributed by atoms with Crippen LogP contribution in [0.4, 0.5) is 0 Å². The van der Waals surface area contributed by atoms with Crippen LogP contribution in [0.2, 0.25) is 0 Å². The summed E-state index contributed by atoms with van der Waals surface area (Å²) in [6.45, 7) is 0. The maximum Gasteiger partial charge on any atom is -0.00133 e. The molecule has 0 amide bonds. The van der Waals surface area contributed by atoms with E-state index in [9.17, 15) is 0 Å². The van der Waals surface area contributed by atoms with Gasteiger partial charge in [0.1, 0.15) is 0 Å². The molecule has 130 valence electrons. The fourth-order valence-electron chi connectivity index (χ4n) is 5.75. The number of hydrogen-bond donors (Lipinski definition) is 0. The van der Waals surface area contributed by atoms with E-state index in [2.05, 4.69) is 36.4 Å². The van der Waals surface area contributed by atoms with Gasteiger partial charge in [-0.3, -0.25) is 0 Å². The SMILES string of the molecule is c1ccc2c(c1)Cc1cc(C3CCCCC3)c(C3CCCCC3)cc1-2. The maximum absolute atomic E-state index is 2.65. The summed E-state index contributed by atoms with van der Waals surface area (Å²) in [6, 6.07) is 14.4. The summed E-state index contributed by atoms with van der Waals surface area (Å²) in [6.07, 6.45) is 15.5. The van der Waals surface area contributed by atoms with Crippen LogP contribution in [-0.2, 0) is 6.42 Å². The predicted molar refractivity (Wildman–Crippen MR) is 106 cm³/mol. The third-order valence-electron chi connectivity index (χ3n) is 7.09. The molecule has 5 rings (SSSR count). The van der Waals surface area contributed by atoms with Gasteiger partial charge in [-0.25, -0.2) is 0 Å². The van der Waals surface area contributed by atoms with E-state index in [-0.39, 0.29) is 0 Å². The fraction of sp³-hybridized carbons (Fsp3) is 0.520. The number of benzene rings is 2. The van der Waals surface area contributed by atoms with E-state index >= 15 is 0 Å². The van der Waals surface area contributed by atoms with Crippen molar-refractivity contribution in [2.45, 2.75) is 82.5 Å². The molecule has 25 heavy (non-hydrogen) atoms. The second kappa shape index (κ2) is 6.63. The highest BCUT2D eigenvalue weighted by molar-refractivity contribution is 5.78. The zero-order valence-corrected chi connectivity index (χ0v) is 15.4. The van der Waals surface area contributed by atoms with Gasteiger partial charge in [0.2, 0.25) is 0 Å². The molecule has 0 spiro atoms. The predicted octanol–water partition coefficient (Wildman–Crippen LogP) is 7.35.